The summed E-state index contributed by atoms with van der Waals surface area (Å²) in [4.78, 5) is 60.3. The van der Waals surface area contributed by atoms with Gasteiger partial charge in [-0.05, 0) is 5.56 Å². The molecule has 2 saturated heterocycles. The molecule has 16 heteroatoms. The third-order valence-corrected chi connectivity index (χ3v) is 6.72. The summed E-state index contributed by atoms with van der Waals surface area (Å²) in [6.07, 6.45) is -13.2. The molecule has 10 atom stereocenters. The molecule has 2 aliphatic heterocycles. The Balaban J connectivity index is 2.03. The quantitative estimate of drug-likeness (QED) is 0.189. The van der Waals surface area contributed by atoms with Gasteiger partial charge in [0.05, 0.1) is 13.2 Å². The van der Waals surface area contributed by atoms with Gasteiger partial charge in [-0.1, -0.05) is 30.3 Å². The van der Waals surface area contributed by atoms with Gasteiger partial charge in [0.1, 0.15) is 37.1 Å². The van der Waals surface area contributed by atoms with Crippen molar-refractivity contribution in [1.29, 1.82) is 0 Å². The third-order valence-electron chi connectivity index (χ3n) is 6.72. The van der Waals surface area contributed by atoms with Gasteiger partial charge in [0, 0.05) is 34.6 Å². The van der Waals surface area contributed by atoms with Gasteiger partial charge < -0.3 is 53.4 Å². The Kier molecular flexibility index (Phi) is 13.2. The maximum absolute atomic E-state index is 12.3. The van der Waals surface area contributed by atoms with Gasteiger partial charge in [0.15, 0.2) is 30.9 Å². The zero-order valence-corrected chi connectivity index (χ0v) is 25.5. The number of carbonyl (C=O) groups is 5. The van der Waals surface area contributed by atoms with Crippen molar-refractivity contribution in [2.24, 2.45) is 0 Å². The van der Waals surface area contributed by atoms with Crippen molar-refractivity contribution < 1.29 is 72.1 Å². The molecule has 0 bridgehead atoms. The van der Waals surface area contributed by atoms with Gasteiger partial charge in [-0.25, -0.2) is 0 Å². The van der Waals surface area contributed by atoms with Crippen LogP contribution in [0.3, 0.4) is 0 Å². The molecule has 45 heavy (non-hydrogen) atoms. The lowest BCUT2D eigenvalue weighted by Crippen LogP contribution is -2.68. The summed E-state index contributed by atoms with van der Waals surface area (Å²) < 4.78 is 45.2. The highest BCUT2D eigenvalue weighted by Crippen LogP contribution is 2.34. The number of esters is 4. The Morgan fingerprint density at radius 3 is 1.89 bits per heavy atom. The Bertz CT molecular complexity index is 1180. The average molecular weight is 642 g/mol. The van der Waals surface area contributed by atoms with Gasteiger partial charge in [-0.3, -0.25) is 24.0 Å². The SMILES string of the molecule is CC(=O)N[C@H]1C(OCc2ccccc2)O[C@H](CO)[C@H](O)[C@@H]1O[C@@H]1O[C@H](COC(C)=O)[C@H](OC(C)=O)[C@H](OC(C)=O)[C@H]1OC(C)=O. The molecule has 0 spiro atoms. The summed E-state index contributed by atoms with van der Waals surface area (Å²) in [5, 5.41) is 23.9. The number of amides is 1. The molecule has 1 aromatic rings. The van der Waals surface area contributed by atoms with E-state index in [1.807, 2.05) is 6.07 Å². The summed E-state index contributed by atoms with van der Waals surface area (Å²) in [5.41, 5.74) is 0.756. The molecule has 2 fully saturated rings. The average Bonchev–Trinajstić information content (AvgIpc) is 2.96. The molecule has 0 saturated carbocycles. The number of aliphatic hydroxyl groups excluding tert-OH is 2. The molecular weight excluding hydrogens is 602 g/mol. The highest BCUT2D eigenvalue weighted by Gasteiger charge is 2.56. The topological polar surface area (TPSA) is 212 Å². The van der Waals surface area contributed by atoms with E-state index in [1.54, 1.807) is 24.3 Å². The number of carbonyl (C=O) groups excluding carboxylic acids is 5. The van der Waals surface area contributed by atoms with E-state index in [4.69, 9.17) is 37.9 Å². The maximum Gasteiger partial charge on any atom is 0.303 e. The monoisotopic (exact) mass is 641 g/mol. The molecule has 0 radical (unpaired) electrons. The standard InChI is InChI=1S/C29H39NO15/c1-14(32)30-22-25(23(37)20(11-31)43-28(22)39-12-19-9-7-6-8-10-19)45-29-27(42-18(5)36)26(41-17(4)35)24(40-16(3)34)21(44-29)13-38-15(2)33/h6-10,20-29,31,37H,11-13H2,1-5H3,(H,30,32)/t20-,21-,22-,23+,24+,25-,26+,27-,28?,29+/m1/s1. The number of ether oxygens (including phenoxy) is 8. The Morgan fingerprint density at radius 1 is 0.756 bits per heavy atom. The second-order valence-electron chi connectivity index (χ2n) is 10.4. The molecule has 3 N–H and O–H groups in total. The van der Waals surface area contributed by atoms with Crippen molar-refractivity contribution in [1.82, 2.24) is 5.32 Å². The number of aliphatic hydroxyl groups is 2. The summed E-state index contributed by atoms with van der Waals surface area (Å²) >= 11 is 0. The van der Waals surface area contributed by atoms with E-state index in [1.165, 1.54) is 6.92 Å². The minimum absolute atomic E-state index is 0.0155. The lowest BCUT2D eigenvalue weighted by Gasteiger charge is -2.48. The van der Waals surface area contributed by atoms with E-state index in [9.17, 15) is 34.2 Å². The first-order valence-corrected chi connectivity index (χ1v) is 14.1. The van der Waals surface area contributed by atoms with Crippen LogP contribution in [0.25, 0.3) is 0 Å². The van der Waals surface area contributed by atoms with Crippen LogP contribution < -0.4 is 5.32 Å². The first-order valence-electron chi connectivity index (χ1n) is 14.1. The summed E-state index contributed by atoms with van der Waals surface area (Å²) in [5.74, 6) is -3.79. The van der Waals surface area contributed by atoms with Crippen molar-refractivity contribution in [3.63, 3.8) is 0 Å². The Hall–Kier alpha value is -3.67. The van der Waals surface area contributed by atoms with Gasteiger partial charge in [0.25, 0.3) is 0 Å². The van der Waals surface area contributed by atoms with Crippen molar-refractivity contribution in [3.8, 4) is 0 Å². The zero-order chi connectivity index (χ0) is 33.3. The molecule has 250 valence electrons. The molecule has 1 amide bonds. The molecule has 1 aromatic carbocycles. The van der Waals surface area contributed by atoms with Crippen molar-refractivity contribution in [2.45, 2.75) is 103 Å². The van der Waals surface area contributed by atoms with Gasteiger partial charge in [-0.15, -0.1) is 0 Å². The Morgan fingerprint density at radius 2 is 1.33 bits per heavy atom. The van der Waals surface area contributed by atoms with Crippen LogP contribution in [0.4, 0.5) is 0 Å². The van der Waals surface area contributed by atoms with Crippen molar-refractivity contribution in [3.05, 3.63) is 35.9 Å². The number of nitrogens with one attached hydrogen (secondary N) is 1. The molecule has 2 heterocycles. The molecule has 2 aliphatic rings. The fourth-order valence-corrected chi connectivity index (χ4v) is 4.97. The number of hydrogen-bond acceptors (Lipinski definition) is 15. The zero-order valence-electron chi connectivity index (χ0n) is 25.5. The predicted octanol–water partition coefficient (Wildman–Crippen LogP) is -0.746. The lowest BCUT2D eigenvalue weighted by atomic mass is 9.95. The van der Waals surface area contributed by atoms with E-state index in [-0.39, 0.29) is 6.61 Å². The van der Waals surface area contributed by atoms with Crippen LogP contribution in [0.1, 0.15) is 40.2 Å². The van der Waals surface area contributed by atoms with E-state index >= 15 is 0 Å². The first-order chi connectivity index (χ1) is 21.3. The van der Waals surface area contributed by atoms with Gasteiger partial charge in [-0.2, -0.15) is 0 Å². The molecule has 0 aliphatic carbocycles. The largest absolute Gasteiger partial charge is 0.463 e. The van der Waals surface area contributed by atoms with Crippen LogP contribution in [0.15, 0.2) is 30.3 Å². The molecule has 1 unspecified atom stereocenters. The maximum atomic E-state index is 12.3. The second-order valence-corrected chi connectivity index (χ2v) is 10.4. The van der Waals surface area contributed by atoms with Crippen LogP contribution in [-0.2, 0) is 68.5 Å². The van der Waals surface area contributed by atoms with Crippen LogP contribution in [0.5, 0.6) is 0 Å². The lowest BCUT2D eigenvalue weighted by molar-refractivity contribution is -0.347. The summed E-state index contributed by atoms with van der Waals surface area (Å²) in [7, 11) is 0. The number of hydrogen-bond donors (Lipinski definition) is 3. The molecular formula is C29H39NO15. The number of rotatable bonds is 12. The molecule has 0 aromatic heterocycles. The van der Waals surface area contributed by atoms with Crippen molar-refractivity contribution >= 4 is 29.8 Å². The smallest absolute Gasteiger partial charge is 0.303 e. The van der Waals surface area contributed by atoms with Crippen LogP contribution >= 0.6 is 0 Å². The second kappa shape index (κ2) is 16.6. The Labute approximate surface area is 259 Å². The van der Waals surface area contributed by atoms with Gasteiger partial charge >= 0.3 is 23.9 Å². The summed E-state index contributed by atoms with van der Waals surface area (Å²) in [6, 6.07) is 7.76. The highest BCUT2D eigenvalue weighted by atomic mass is 16.7. The van der Waals surface area contributed by atoms with Gasteiger partial charge in [0.2, 0.25) is 5.91 Å². The minimum Gasteiger partial charge on any atom is -0.463 e. The van der Waals surface area contributed by atoms with E-state index in [0.717, 1.165) is 33.3 Å². The predicted molar refractivity (Wildman–Crippen MR) is 147 cm³/mol. The molecule has 16 nitrogen and oxygen atoms in total. The third kappa shape index (κ3) is 10.2. The molecule has 3 rings (SSSR count). The fraction of sp³-hybridized carbons (Fsp3) is 0.621. The highest BCUT2D eigenvalue weighted by molar-refractivity contribution is 5.73. The van der Waals surface area contributed by atoms with Crippen LogP contribution in [0, 0.1) is 0 Å². The number of benzene rings is 1. The normalized spacial score (nSPS) is 31.3. The van der Waals surface area contributed by atoms with E-state index in [2.05, 4.69) is 5.32 Å². The van der Waals surface area contributed by atoms with Crippen LogP contribution in [0.2, 0.25) is 0 Å². The van der Waals surface area contributed by atoms with Crippen molar-refractivity contribution in [2.75, 3.05) is 13.2 Å². The van der Waals surface area contributed by atoms with E-state index < -0.39 is 104 Å². The van der Waals surface area contributed by atoms with E-state index in [0.29, 0.717) is 0 Å². The minimum atomic E-state index is -1.69. The fourth-order valence-electron chi connectivity index (χ4n) is 4.97. The summed E-state index contributed by atoms with van der Waals surface area (Å²) in [6.45, 7) is 4.38. The first kappa shape index (κ1) is 35.8. The van der Waals surface area contributed by atoms with Crippen LogP contribution in [-0.4, -0.2) is 115 Å².